The van der Waals surface area contributed by atoms with E-state index in [1.807, 2.05) is 12.1 Å². The molecule has 5 nitrogen and oxygen atoms in total. The van der Waals surface area contributed by atoms with Gasteiger partial charge >= 0.3 is 5.97 Å². The fourth-order valence-corrected chi connectivity index (χ4v) is 2.10. The summed E-state index contributed by atoms with van der Waals surface area (Å²) in [6, 6.07) is 7.28. The van der Waals surface area contributed by atoms with Crippen molar-refractivity contribution in [2.45, 2.75) is 18.1 Å². The largest absolute Gasteiger partial charge is 0.467 e. The summed E-state index contributed by atoms with van der Waals surface area (Å²) in [6.07, 6.45) is -1.40. The molecule has 92 valence electrons. The Balaban J connectivity index is 2.19. The molecule has 0 aromatic heterocycles. The fourth-order valence-electron chi connectivity index (χ4n) is 2.10. The molecule has 1 aliphatic rings. The molecular weight excluding hydrogens is 222 g/mol. The number of methoxy groups -OCH3 is 1. The number of nitrogens with one attached hydrogen (secondary N) is 1. The molecular formula is C12H15NO4. The molecule has 1 heterocycles. The number of aliphatic hydroxyl groups excluding tert-OH is 1. The van der Waals surface area contributed by atoms with Crippen molar-refractivity contribution in [1.82, 2.24) is 0 Å². The van der Waals surface area contributed by atoms with Crippen LogP contribution < -0.4 is 5.32 Å². The van der Waals surface area contributed by atoms with Crippen molar-refractivity contribution in [3.05, 3.63) is 29.8 Å². The van der Waals surface area contributed by atoms with E-state index in [1.54, 1.807) is 12.1 Å². The number of rotatable bonds is 3. The molecule has 0 spiro atoms. The zero-order valence-electron chi connectivity index (χ0n) is 9.51. The third-order valence-electron chi connectivity index (χ3n) is 3.00. The lowest BCUT2D eigenvalue weighted by Crippen LogP contribution is -2.36. The number of esters is 1. The Morgan fingerprint density at radius 2 is 2.29 bits per heavy atom. The highest BCUT2D eigenvalue weighted by Gasteiger charge is 2.40. The molecule has 0 aliphatic carbocycles. The predicted molar refractivity (Wildman–Crippen MR) is 61.5 cm³/mol. The maximum absolute atomic E-state index is 11.2. The lowest BCUT2D eigenvalue weighted by atomic mass is 9.90. The van der Waals surface area contributed by atoms with Crippen LogP contribution in [0.2, 0.25) is 0 Å². The topological polar surface area (TPSA) is 78.8 Å². The summed E-state index contributed by atoms with van der Waals surface area (Å²) >= 11 is 0. The third kappa shape index (κ3) is 2.11. The van der Waals surface area contributed by atoms with Crippen LogP contribution >= 0.6 is 0 Å². The van der Waals surface area contributed by atoms with Gasteiger partial charge in [-0.3, -0.25) is 0 Å². The first-order valence-electron chi connectivity index (χ1n) is 5.38. The molecule has 0 amide bonds. The summed E-state index contributed by atoms with van der Waals surface area (Å²) in [7, 11) is 1.20. The molecule has 1 aromatic rings. The molecule has 2 rings (SSSR count). The van der Waals surface area contributed by atoms with Crippen LogP contribution in [-0.2, 0) is 15.1 Å². The zero-order chi connectivity index (χ0) is 12.5. The highest BCUT2D eigenvalue weighted by atomic mass is 16.5. The highest BCUT2D eigenvalue weighted by Crippen LogP contribution is 2.37. The van der Waals surface area contributed by atoms with Gasteiger partial charge < -0.3 is 20.3 Å². The predicted octanol–water partition coefficient (Wildman–Crippen LogP) is 0.224. The van der Waals surface area contributed by atoms with Gasteiger partial charge in [0, 0.05) is 24.2 Å². The molecule has 0 bridgehead atoms. The SMILES string of the molecule is COC(=O)C(O)CC1(O)CNc2ccccc21. The van der Waals surface area contributed by atoms with E-state index in [4.69, 9.17) is 0 Å². The quantitative estimate of drug-likeness (QED) is 0.656. The second kappa shape index (κ2) is 4.35. The first kappa shape index (κ1) is 11.9. The van der Waals surface area contributed by atoms with E-state index in [0.717, 1.165) is 5.69 Å². The van der Waals surface area contributed by atoms with E-state index >= 15 is 0 Å². The lowest BCUT2D eigenvalue weighted by molar-refractivity contribution is -0.153. The highest BCUT2D eigenvalue weighted by molar-refractivity contribution is 5.74. The number of carbonyl (C=O) groups excluding carboxylic acids is 1. The number of aliphatic hydroxyl groups is 2. The third-order valence-corrected chi connectivity index (χ3v) is 3.00. The number of benzene rings is 1. The van der Waals surface area contributed by atoms with Crippen LogP contribution in [0.5, 0.6) is 0 Å². The number of hydrogen-bond acceptors (Lipinski definition) is 5. The van der Waals surface area contributed by atoms with E-state index in [0.29, 0.717) is 5.56 Å². The Kier molecular flexibility index (Phi) is 3.04. The molecule has 3 N–H and O–H groups in total. The summed E-state index contributed by atoms with van der Waals surface area (Å²) in [5.41, 5.74) is 0.291. The zero-order valence-corrected chi connectivity index (χ0v) is 9.51. The van der Waals surface area contributed by atoms with E-state index < -0.39 is 17.7 Å². The van der Waals surface area contributed by atoms with Crippen LogP contribution in [0.15, 0.2) is 24.3 Å². The maximum Gasteiger partial charge on any atom is 0.334 e. The number of β-amino-alcohol motifs (C(OH)–C–C–N with tert-alkyl or cyclic N) is 1. The van der Waals surface area contributed by atoms with E-state index in [1.165, 1.54) is 7.11 Å². The van der Waals surface area contributed by atoms with Gasteiger partial charge in [0.15, 0.2) is 6.10 Å². The Morgan fingerprint density at radius 1 is 1.59 bits per heavy atom. The number of hydrogen-bond donors (Lipinski definition) is 3. The number of carbonyl (C=O) groups is 1. The second-order valence-electron chi connectivity index (χ2n) is 4.17. The standard InChI is InChI=1S/C12H15NO4/c1-17-11(15)10(14)6-12(16)7-13-9-5-3-2-4-8(9)12/h2-5,10,13-14,16H,6-7H2,1H3. The first-order valence-corrected chi connectivity index (χ1v) is 5.38. The maximum atomic E-state index is 11.2. The van der Waals surface area contributed by atoms with Gasteiger partial charge in [-0.2, -0.15) is 0 Å². The van der Waals surface area contributed by atoms with E-state index in [2.05, 4.69) is 10.1 Å². The Bertz CT molecular complexity index is 434. The second-order valence-corrected chi connectivity index (χ2v) is 4.17. The minimum atomic E-state index is -1.32. The lowest BCUT2D eigenvalue weighted by Gasteiger charge is -2.24. The molecule has 0 saturated carbocycles. The van der Waals surface area contributed by atoms with Crippen molar-refractivity contribution in [2.24, 2.45) is 0 Å². The Labute approximate surface area is 99.0 Å². The number of ether oxygens (including phenoxy) is 1. The van der Waals surface area contributed by atoms with Gasteiger partial charge in [0.05, 0.1) is 7.11 Å². The van der Waals surface area contributed by atoms with Crippen LogP contribution in [0.25, 0.3) is 0 Å². The van der Waals surface area contributed by atoms with Gasteiger partial charge in [-0.15, -0.1) is 0 Å². The van der Waals surface area contributed by atoms with Crippen LogP contribution in [0.4, 0.5) is 5.69 Å². The Morgan fingerprint density at radius 3 is 3.00 bits per heavy atom. The van der Waals surface area contributed by atoms with Gasteiger partial charge in [-0.05, 0) is 6.07 Å². The van der Waals surface area contributed by atoms with E-state index in [-0.39, 0.29) is 13.0 Å². The molecule has 0 fully saturated rings. The number of fused-ring (bicyclic) bond motifs is 1. The molecule has 2 atom stereocenters. The van der Waals surface area contributed by atoms with Gasteiger partial charge in [0.25, 0.3) is 0 Å². The van der Waals surface area contributed by atoms with Crippen molar-refractivity contribution in [3.8, 4) is 0 Å². The van der Waals surface area contributed by atoms with Crippen molar-refractivity contribution in [2.75, 3.05) is 19.0 Å². The van der Waals surface area contributed by atoms with Gasteiger partial charge in [0.2, 0.25) is 0 Å². The molecule has 0 saturated heterocycles. The van der Waals surface area contributed by atoms with Crippen LogP contribution in [0.1, 0.15) is 12.0 Å². The summed E-state index contributed by atoms with van der Waals surface area (Å²) < 4.78 is 4.43. The van der Waals surface area contributed by atoms with Crippen LogP contribution in [0.3, 0.4) is 0 Å². The van der Waals surface area contributed by atoms with Crippen molar-refractivity contribution in [1.29, 1.82) is 0 Å². The normalized spacial score (nSPS) is 23.7. The fraction of sp³-hybridized carbons (Fsp3) is 0.417. The number of para-hydroxylation sites is 1. The minimum absolute atomic E-state index is 0.0797. The molecule has 0 radical (unpaired) electrons. The smallest absolute Gasteiger partial charge is 0.334 e. The molecule has 1 aromatic carbocycles. The first-order chi connectivity index (χ1) is 8.07. The molecule has 17 heavy (non-hydrogen) atoms. The monoisotopic (exact) mass is 237 g/mol. The van der Waals surface area contributed by atoms with Crippen molar-refractivity contribution in [3.63, 3.8) is 0 Å². The van der Waals surface area contributed by atoms with Crippen molar-refractivity contribution >= 4 is 11.7 Å². The summed E-state index contributed by atoms with van der Waals surface area (Å²) in [4.78, 5) is 11.2. The van der Waals surface area contributed by atoms with E-state index in [9.17, 15) is 15.0 Å². The van der Waals surface area contributed by atoms with Gasteiger partial charge in [0.1, 0.15) is 5.60 Å². The molecule has 2 unspecified atom stereocenters. The average molecular weight is 237 g/mol. The van der Waals surface area contributed by atoms with Gasteiger partial charge in [-0.25, -0.2) is 4.79 Å². The van der Waals surface area contributed by atoms with Gasteiger partial charge in [-0.1, -0.05) is 18.2 Å². The Hall–Kier alpha value is -1.59. The van der Waals surface area contributed by atoms with Crippen LogP contribution in [0, 0.1) is 0 Å². The minimum Gasteiger partial charge on any atom is -0.467 e. The summed E-state index contributed by atoms with van der Waals surface area (Å²) in [6.45, 7) is 0.278. The average Bonchev–Trinajstić information content (AvgIpc) is 2.67. The molecule has 5 heteroatoms. The summed E-state index contributed by atoms with van der Waals surface area (Å²) in [5, 5.41) is 23.1. The molecule has 1 aliphatic heterocycles. The van der Waals surface area contributed by atoms with Crippen LogP contribution in [-0.4, -0.2) is 35.9 Å². The summed E-state index contributed by atoms with van der Waals surface area (Å²) in [5.74, 6) is -0.734. The number of anilines is 1. The van der Waals surface area contributed by atoms with Crippen molar-refractivity contribution < 1.29 is 19.7 Å².